The molecule has 166 valence electrons. The summed E-state index contributed by atoms with van der Waals surface area (Å²) in [5, 5.41) is 24.4. The zero-order valence-electron chi connectivity index (χ0n) is 18.9. The summed E-state index contributed by atoms with van der Waals surface area (Å²) in [4.78, 5) is 0. The van der Waals surface area contributed by atoms with Crippen LogP contribution >= 0.6 is 0 Å². The van der Waals surface area contributed by atoms with Crippen molar-refractivity contribution in [1.82, 2.24) is 9.88 Å². The first kappa shape index (κ1) is 22.3. The molecule has 0 saturated heterocycles. The minimum Gasteiger partial charge on any atom is -0.396 e. The van der Waals surface area contributed by atoms with E-state index in [1.54, 1.807) is 0 Å². The molecule has 3 aromatic carbocycles. The summed E-state index contributed by atoms with van der Waals surface area (Å²) in [6, 6.07) is 25.5. The lowest BCUT2D eigenvalue weighted by Crippen LogP contribution is -2.31. The van der Waals surface area contributed by atoms with E-state index in [1.165, 1.54) is 33.2 Å². The van der Waals surface area contributed by atoms with E-state index in [2.05, 4.69) is 84.4 Å². The second-order valence-corrected chi connectivity index (χ2v) is 8.48. The van der Waals surface area contributed by atoms with Crippen LogP contribution in [-0.2, 0) is 6.54 Å². The maximum absolute atomic E-state index is 10.9. The van der Waals surface area contributed by atoms with Gasteiger partial charge in [-0.3, -0.25) is 0 Å². The normalized spacial score (nSPS) is 12.4. The van der Waals surface area contributed by atoms with Crippen molar-refractivity contribution in [3.8, 4) is 22.4 Å². The number of nitrogens with one attached hydrogen (secondary N) is 1. The molecule has 0 aliphatic rings. The Morgan fingerprint density at radius 2 is 1.56 bits per heavy atom. The largest absolute Gasteiger partial charge is 0.396 e. The highest BCUT2D eigenvalue weighted by Gasteiger charge is 2.23. The molecule has 32 heavy (non-hydrogen) atoms. The van der Waals surface area contributed by atoms with Crippen LogP contribution in [0.2, 0.25) is 0 Å². The van der Waals surface area contributed by atoms with Crippen LogP contribution in [0.25, 0.3) is 33.3 Å². The molecule has 0 unspecified atom stereocenters. The van der Waals surface area contributed by atoms with Crippen molar-refractivity contribution in [2.75, 3.05) is 19.7 Å². The Morgan fingerprint density at radius 3 is 2.22 bits per heavy atom. The Hall–Kier alpha value is -2.92. The molecule has 4 heteroatoms. The zero-order valence-corrected chi connectivity index (χ0v) is 18.9. The van der Waals surface area contributed by atoms with E-state index in [1.807, 2.05) is 12.1 Å². The van der Waals surface area contributed by atoms with Crippen LogP contribution in [0.5, 0.6) is 0 Å². The third kappa shape index (κ3) is 4.63. The summed E-state index contributed by atoms with van der Waals surface area (Å²) < 4.78 is 2.29. The van der Waals surface area contributed by atoms with Crippen molar-refractivity contribution in [1.29, 1.82) is 0 Å². The Bertz CT molecular complexity index is 1170. The van der Waals surface area contributed by atoms with Crippen molar-refractivity contribution < 1.29 is 10.2 Å². The molecular weight excluding hydrogens is 396 g/mol. The first-order valence-corrected chi connectivity index (χ1v) is 11.3. The zero-order chi connectivity index (χ0) is 22.5. The summed E-state index contributed by atoms with van der Waals surface area (Å²) in [5.41, 5.74) is 8.27. The van der Waals surface area contributed by atoms with Gasteiger partial charge in [-0.1, -0.05) is 72.3 Å². The summed E-state index contributed by atoms with van der Waals surface area (Å²) >= 11 is 0. The van der Waals surface area contributed by atoms with Gasteiger partial charge in [-0.25, -0.2) is 0 Å². The van der Waals surface area contributed by atoms with Crippen LogP contribution in [-0.4, -0.2) is 40.6 Å². The lowest BCUT2D eigenvalue weighted by Gasteiger charge is -2.18. The van der Waals surface area contributed by atoms with Crippen LogP contribution in [0.4, 0.5) is 0 Å². The number of hydrogen-bond donors (Lipinski definition) is 3. The fourth-order valence-corrected chi connectivity index (χ4v) is 4.61. The monoisotopic (exact) mass is 428 g/mol. The standard InChI is InChI=1S/C28H32N2O2/c1-20-16-21(2)27-25(17-20)26(22-10-5-3-6-11-22)28(23-12-7-4-8-13-23)30(27)19-24(32)18-29-14-9-15-31/h3-8,10-13,16-17,24,29,31-32H,9,14-15,18-19H2,1-2H3/t24-/m1/s1. The molecule has 4 nitrogen and oxygen atoms in total. The van der Waals surface area contributed by atoms with Crippen molar-refractivity contribution in [2.45, 2.75) is 32.9 Å². The average molecular weight is 429 g/mol. The van der Waals surface area contributed by atoms with Crippen molar-refractivity contribution in [3.05, 3.63) is 83.9 Å². The third-order valence-corrected chi connectivity index (χ3v) is 5.89. The highest BCUT2D eigenvalue weighted by atomic mass is 16.3. The average Bonchev–Trinajstić information content (AvgIpc) is 3.11. The first-order valence-electron chi connectivity index (χ1n) is 11.3. The molecule has 0 fully saturated rings. The van der Waals surface area contributed by atoms with E-state index in [0.717, 1.165) is 11.3 Å². The molecule has 4 aromatic rings. The van der Waals surface area contributed by atoms with Crippen LogP contribution in [0, 0.1) is 13.8 Å². The van der Waals surface area contributed by atoms with Crippen LogP contribution in [0.1, 0.15) is 17.5 Å². The van der Waals surface area contributed by atoms with Gasteiger partial charge < -0.3 is 20.1 Å². The molecule has 0 aliphatic carbocycles. The van der Waals surface area contributed by atoms with Gasteiger partial charge in [-0.15, -0.1) is 0 Å². The molecule has 1 atom stereocenters. The summed E-state index contributed by atoms with van der Waals surface area (Å²) in [6.07, 6.45) is 0.140. The summed E-state index contributed by atoms with van der Waals surface area (Å²) in [7, 11) is 0. The van der Waals surface area contributed by atoms with E-state index in [-0.39, 0.29) is 6.61 Å². The van der Waals surface area contributed by atoms with E-state index in [4.69, 9.17) is 5.11 Å². The van der Waals surface area contributed by atoms with Crippen LogP contribution < -0.4 is 5.32 Å². The molecule has 1 heterocycles. The minimum absolute atomic E-state index is 0.155. The Labute approximate surface area is 190 Å². The van der Waals surface area contributed by atoms with Gasteiger partial charge in [0.15, 0.2) is 0 Å². The molecule has 0 aliphatic heterocycles. The van der Waals surface area contributed by atoms with Gasteiger partial charge in [-0.05, 0) is 49.6 Å². The number of fused-ring (bicyclic) bond motifs is 1. The molecule has 0 radical (unpaired) electrons. The first-order chi connectivity index (χ1) is 15.6. The Balaban J connectivity index is 1.91. The number of aromatic nitrogens is 1. The van der Waals surface area contributed by atoms with Crippen molar-refractivity contribution in [3.63, 3.8) is 0 Å². The molecular formula is C28H32N2O2. The minimum atomic E-state index is -0.545. The van der Waals surface area contributed by atoms with Crippen LogP contribution in [0.15, 0.2) is 72.8 Å². The van der Waals surface area contributed by atoms with Crippen molar-refractivity contribution in [2.24, 2.45) is 0 Å². The van der Waals surface area contributed by atoms with Gasteiger partial charge in [-0.2, -0.15) is 0 Å². The van der Waals surface area contributed by atoms with Gasteiger partial charge in [0.2, 0.25) is 0 Å². The molecule has 3 N–H and O–H groups in total. The quantitative estimate of drug-likeness (QED) is 0.332. The van der Waals surface area contributed by atoms with Gasteiger partial charge >= 0.3 is 0 Å². The van der Waals surface area contributed by atoms with Gasteiger partial charge in [0.1, 0.15) is 0 Å². The number of aliphatic hydroxyl groups excluding tert-OH is 2. The molecule has 0 amide bonds. The van der Waals surface area contributed by atoms with Gasteiger partial charge in [0.25, 0.3) is 0 Å². The Morgan fingerprint density at radius 1 is 0.906 bits per heavy atom. The number of hydrogen-bond acceptors (Lipinski definition) is 3. The predicted octanol–water partition coefficient (Wildman–Crippen LogP) is 4.93. The number of benzene rings is 3. The number of nitrogens with zero attached hydrogens (tertiary/aromatic N) is 1. The third-order valence-electron chi connectivity index (χ3n) is 5.89. The van der Waals surface area contributed by atoms with E-state index >= 15 is 0 Å². The molecule has 0 saturated carbocycles. The SMILES string of the molecule is Cc1cc(C)c2c(c1)c(-c1ccccc1)c(-c1ccccc1)n2C[C@H](O)CNCCCO. The molecule has 0 bridgehead atoms. The fraction of sp³-hybridized carbons (Fsp3) is 0.286. The predicted molar refractivity (Wildman–Crippen MR) is 133 cm³/mol. The maximum atomic E-state index is 10.9. The molecule has 4 rings (SSSR count). The van der Waals surface area contributed by atoms with E-state index < -0.39 is 6.10 Å². The molecule has 1 aromatic heterocycles. The topological polar surface area (TPSA) is 57.4 Å². The smallest absolute Gasteiger partial charge is 0.0843 e. The van der Waals surface area contributed by atoms with Crippen LogP contribution in [0.3, 0.4) is 0 Å². The molecule has 0 spiro atoms. The second-order valence-electron chi connectivity index (χ2n) is 8.48. The second kappa shape index (κ2) is 10.1. The Kier molecular flexibility index (Phi) is 7.05. The lowest BCUT2D eigenvalue weighted by atomic mass is 9.97. The number of rotatable bonds is 9. The highest BCUT2D eigenvalue weighted by molar-refractivity contribution is 6.06. The summed E-state index contributed by atoms with van der Waals surface area (Å²) in [5.74, 6) is 0. The highest BCUT2D eigenvalue weighted by Crippen LogP contribution is 2.42. The summed E-state index contributed by atoms with van der Waals surface area (Å²) in [6.45, 7) is 6.12. The fourth-order valence-electron chi connectivity index (χ4n) is 4.61. The van der Waals surface area contributed by atoms with Crippen molar-refractivity contribution >= 4 is 10.9 Å². The van der Waals surface area contributed by atoms with E-state index in [0.29, 0.717) is 26.1 Å². The number of aryl methyl sites for hydroxylation is 2. The lowest BCUT2D eigenvalue weighted by molar-refractivity contribution is 0.152. The van der Waals surface area contributed by atoms with Gasteiger partial charge in [0, 0.05) is 24.1 Å². The van der Waals surface area contributed by atoms with Gasteiger partial charge in [0.05, 0.1) is 23.9 Å². The number of aliphatic hydroxyl groups is 2. The van der Waals surface area contributed by atoms with E-state index in [9.17, 15) is 5.11 Å². The maximum Gasteiger partial charge on any atom is 0.0843 e.